The largest absolute Gasteiger partial charge is 0.510 e. The molecule has 0 bridgehead atoms. The average Bonchev–Trinajstić information content (AvgIpc) is 3.32. The molecule has 0 fully saturated rings. The van der Waals surface area contributed by atoms with Crippen molar-refractivity contribution in [2.24, 2.45) is 0 Å². The normalized spacial score (nSPS) is 11.3. The molecule has 1 aromatic heterocycles. The first kappa shape index (κ1) is 29.1. The van der Waals surface area contributed by atoms with Gasteiger partial charge >= 0.3 is 14.0 Å². The van der Waals surface area contributed by atoms with Crippen molar-refractivity contribution in [1.82, 2.24) is 9.97 Å². The van der Waals surface area contributed by atoms with E-state index in [9.17, 15) is 22.9 Å². The summed E-state index contributed by atoms with van der Waals surface area (Å²) in [6.45, 7) is 1.02. The number of nitriles is 1. The summed E-state index contributed by atoms with van der Waals surface area (Å²) in [5.74, 6) is -2.77. The maximum Gasteiger partial charge on any atom is 0.510 e. The number of H-pyrrole nitrogens is 1. The highest BCUT2D eigenvalue weighted by molar-refractivity contribution is 7.48. The third-order valence-corrected chi connectivity index (χ3v) is 6.23. The first-order valence-electron chi connectivity index (χ1n) is 10.9. The van der Waals surface area contributed by atoms with Gasteiger partial charge in [0.15, 0.2) is 18.4 Å². The van der Waals surface area contributed by atoms with Crippen molar-refractivity contribution in [3.05, 3.63) is 23.3 Å². The quantitative estimate of drug-likeness (QED) is 0.159. The Morgan fingerprint density at radius 1 is 1.17 bits per heavy atom. The molecule has 0 aliphatic carbocycles. The minimum atomic E-state index is -3.65. The maximum atomic E-state index is 14.5. The molecule has 0 aliphatic rings. The number of unbranched alkanes of at least 4 members (excludes halogenated alkanes) is 2. The number of phosphoric acid groups is 1. The molecule has 2 aromatic rings. The van der Waals surface area contributed by atoms with E-state index in [0.717, 1.165) is 32.0 Å². The van der Waals surface area contributed by atoms with Crippen LogP contribution in [0, 0.1) is 23.0 Å². The summed E-state index contributed by atoms with van der Waals surface area (Å²) in [4.78, 5) is 32.1. The van der Waals surface area contributed by atoms with Gasteiger partial charge in [0.2, 0.25) is 11.9 Å². The number of rotatable bonds is 14. The number of nitrogens with zero attached hydrogens (tertiary/aromatic N) is 3. The smallest absolute Gasteiger partial charge is 0.434 e. The lowest BCUT2D eigenvalue weighted by atomic mass is 10.2. The topological polar surface area (TPSA) is 153 Å². The molecular weight excluding hydrogens is 505 g/mol. The number of halogens is 2. The highest BCUT2D eigenvalue weighted by atomic mass is 31.2. The predicted molar refractivity (Wildman–Crippen MR) is 122 cm³/mol. The summed E-state index contributed by atoms with van der Waals surface area (Å²) >= 11 is 0. The molecule has 1 N–H and O–H groups in total. The molecule has 0 unspecified atom stereocenters. The van der Waals surface area contributed by atoms with E-state index in [1.807, 2.05) is 6.92 Å². The number of carbonyl (C=O) groups excluding carboxylic acids is 2. The molecule has 12 nitrogen and oxygen atoms in total. The Kier molecular flexibility index (Phi) is 11.2. The molecule has 0 atom stereocenters. The predicted octanol–water partition coefficient (Wildman–Crippen LogP) is 4.54. The Morgan fingerprint density at radius 2 is 1.89 bits per heavy atom. The maximum absolute atomic E-state index is 14.5. The Bertz CT molecular complexity index is 1150. The lowest BCUT2D eigenvalue weighted by Crippen LogP contribution is -2.35. The standard InChI is InChI=1S/C21H27F2N4O8P/c1-4-5-6-8-16(28)27(13-34-21(29)33-9-7-10-35-36(30,31-2)32-3)20-25-18-15(22)11-14(12-24)17(23)19(18)26-20/h11H,4-10,13H2,1-3H3,(H,25,26). The fourth-order valence-corrected chi connectivity index (χ4v) is 3.65. The second-order valence-electron chi connectivity index (χ2n) is 7.27. The van der Waals surface area contributed by atoms with Crippen LogP contribution < -0.4 is 4.90 Å². The van der Waals surface area contributed by atoms with Crippen LogP contribution in [-0.4, -0.2) is 56.2 Å². The second kappa shape index (κ2) is 13.8. The van der Waals surface area contributed by atoms with Crippen LogP contribution in [-0.2, 0) is 32.4 Å². The first-order chi connectivity index (χ1) is 17.2. The van der Waals surface area contributed by atoms with Gasteiger partial charge in [-0.3, -0.25) is 18.4 Å². The number of aromatic amines is 1. The number of ether oxygens (including phenoxy) is 2. The van der Waals surface area contributed by atoms with Crippen molar-refractivity contribution in [1.29, 1.82) is 5.26 Å². The molecule has 15 heteroatoms. The van der Waals surface area contributed by atoms with Crippen molar-refractivity contribution in [3.8, 4) is 6.07 Å². The van der Waals surface area contributed by atoms with Gasteiger partial charge < -0.3 is 14.5 Å². The third-order valence-electron chi connectivity index (χ3n) is 4.83. The molecule has 0 radical (unpaired) electrons. The molecular formula is C21H27F2N4O8P. The number of anilines is 1. The van der Waals surface area contributed by atoms with Crippen LogP contribution >= 0.6 is 7.82 Å². The van der Waals surface area contributed by atoms with E-state index < -0.39 is 54.8 Å². The lowest BCUT2D eigenvalue weighted by molar-refractivity contribution is -0.119. The van der Waals surface area contributed by atoms with Gasteiger partial charge in [-0.25, -0.2) is 28.0 Å². The van der Waals surface area contributed by atoms with Crippen LogP contribution in [0.1, 0.15) is 44.6 Å². The summed E-state index contributed by atoms with van der Waals surface area (Å²) in [6.07, 6.45) is 1.21. The number of amides is 1. The molecule has 36 heavy (non-hydrogen) atoms. The number of hydrogen-bond acceptors (Lipinski definition) is 10. The average molecular weight is 532 g/mol. The van der Waals surface area contributed by atoms with Gasteiger partial charge in [0.1, 0.15) is 17.1 Å². The van der Waals surface area contributed by atoms with Gasteiger partial charge in [-0.05, 0) is 12.5 Å². The zero-order chi connectivity index (χ0) is 26.7. The second-order valence-corrected chi connectivity index (χ2v) is 9.15. The fraction of sp³-hybridized carbons (Fsp3) is 0.524. The van der Waals surface area contributed by atoms with Crippen molar-refractivity contribution < 1.29 is 46.0 Å². The molecule has 1 amide bonds. The molecule has 0 saturated carbocycles. The first-order valence-corrected chi connectivity index (χ1v) is 12.4. The van der Waals surface area contributed by atoms with Crippen molar-refractivity contribution in [2.75, 3.05) is 39.1 Å². The van der Waals surface area contributed by atoms with Gasteiger partial charge in [-0.2, -0.15) is 5.26 Å². The Labute approximate surface area is 206 Å². The minimum absolute atomic E-state index is 0.0636. The van der Waals surface area contributed by atoms with Crippen molar-refractivity contribution in [2.45, 2.75) is 39.0 Å². The third kappa shape index (κ3) is 7.69. The summed E-state index contributed by atoms with van der Waals surface area (Å²) < 4.78 is 64.6. The zero-order valence-corrected chi connectivity index (χ0v) is 20.9. The van der Waals surface area contributed by atoms with Crippen LogP contribution in [0.3, 0.4) is 0 Å². The van der Waals surface area contributed by atoms with Gasteiger partial charge in [0.05, 0.1) is 18.8 Å². The SMILES string of the molecule is CCCCCC(=O)N(COC(=O)OCCCOP(=O)(OC)OC)c1nc2c(F)cc(C#N)c(F)c2[nH]1. The van der Waals surface area contributed by atoms with Crippen LogP contribution in [0.25, 0.3) is 11.0 Å². The summed E-state index contributed by atoms with van der Waals surface area (Å²) in [7, 11) is -1.34. The number of imidazole rings is 1. The lowest BCUT2D eigenvalue weighted by Gasteiger charge is -2.19. The number of hydrogen-bond donors (Lipinski definition) is 1. The Hall–Kier alpha value is -3.11. The summed E-state index contributed by atoms with van der Waals surface area (Å²) in [6, 6.07) is 2.24. The Morgan fingerprint density at radius 3 is 2.53 bits per heavy atom. The van der Waals surface area contributed by atoms with E-state index in [4.69, 9.17) is 19.3 Å². The molecule has 1 heterocycles. The van der Waals surface area contributed by atoms with Crippen molar-refractivity contribution >= 4 is 36.9 Å². The van der Waals surface area contributed by atoms with Gasteiger partial charge in [-0.15, -0.1) is 0 Å². The fourth-order valence-electron chi connectivity index (χ4n) is 2.94. The summed E-state index contributed by atoms with van der Waals surface area (Å²) in [5.41, 5.74) is -1.35. The zero-order valence-electron chi connectivity index (χ0n) is 20.0. The van der Waals surface area contributed by atoms with E-state index in [1.54, 1.807) is 0 Å². The molecule has 0 aliphatic heterocycles. The van der Waals surface area contributed by atoms with E-state index in [-0.39, 0.29) is 32.0 Å². The van der Waals surface area contributed by atoms with Crippen molar-refractivity contribution in [3.63, 3.8) is 0 Å². The van der Waals surface area contributed by atoms with Crippen LogP contribution in [0.2, 0.25) is 0 Å². The number of benzene rings is 1. The van der Waals surface area contributed by atoms with E-state index in [1.165, 1.54) is 6.07 Å². The van der Waals surface area contributed by atoms with Gasteiger partial charge in [0.25, 0.3) is 0 Å². The summed E-state index contributed by atoms with van der Waals surface area (Å²) in [5, 5.41) is 8.98. The van der Waals surface area contributed by atoms with Crippen LogP contribution in [0.15, 0.2) is 6.07 Å². The van der Waals surface area contributed by atoms with E-state index in [2.05, 4.69) is 19.0 Å². The molecule has 198 valence electrons. The monoisotopic (exact) mass is 532 g/mol. The van der Waals surface area contributed by atoms with E-state index >= 15 is 0 Å². The molecule has 2 rings (SSSR count). The molecule has 0 saturated heterocycles. The van der Waals surface area contributed by atoms with Gasteiger partial charge in [0, 0.05) is 27.1 Å². The number of phosphoric ester groups is 1. The van der Waals surface area contributed by atoms with E-state index in [0.29, 0.717) is 12.5 Å². The van der Waals surface area contributed by atoms with Crippen LogP contribution in [0.4, 0.5) is 19.5 Å². The highest BCUT2D eigenvalue weighted by Crippen LogP contribution is 2.47. The number of fused-ring (bicyclic) bond motifs is 1. The molecule has 1 aromatic carbocycles. The molecule has 0 spiro atoms. The number of nitrogens with one attached hydrogen (secondary N) is 1. The highest BCUT2D eigenvalue weighted by Gasteiger charge is 2.25. The van der Waals surface area contributed by atoms with Gasteiger partial charge in [-0.1, -0.05) is 19.8 Å². The Balaban J connectivity index is 2.07. The van der Waals surface area contributed by atoms with Crippen LogP contribution in [0.5, 0.6) is 0 Å². The minimum Gasteiger partial charge on any atom is -0.434 e. The number of carbonyl (C=O) groups is 2. The number of aromatic nitrogens is 2.